The smallest absolute Gasteiger partial charge is 0.255 e. The van der Waals surface area contributed by atoms with E-state index in [0.29, 0.717) is 11.3 Å². The molecular formula is C22H29N3O3. The van der Waals surface area contributed by atoms with Crippen LogP contribution in [0.5, 0.6) is 0 Å². The lowest BCUT2D eigenvalue weighted by Gasteiger charge is -2.38. The first-order valence-electron chi connectivity index (χ1n) is 9.68. The number of rotatable bonds is 6. The Kier molecular flexibility index (Phi) is 5.89. The first-order valence-corrected chi connectivity index (χ1v) is 9.68. The number of primary amides is 1. The predicted molar refractivity (Wildman–Crippen MR) is 108 cm³/mol. The maximum Gasteiger partial charge on any atom is 0.255 e. The third kappa shape index (κ3) is 4.81. The van der Waals surface area contributed by atoms with Crippen molar-refractivity contribution in [2.24, 2.45) is 11.1 Å². The molecule has 0 aliphatic carbocycles. The molecule has 2 aromatic rings. The molecule has 6 heteroatoms. The highest BCUT2D eigenvalue weighted by Crippen LogP contribution is 2.24. The third-order valence-electron chi connectivity index (χ3n) is 5.33. The van der Waals surface area contributed by atoms with Gasteiger partial charge in [-0.1, -0.05) is 45.0 Å². The van der Waals surface area contributed by atoms with Crippen LogP contribution in [0.3, 0.4) is 0 Å². The standard InChI is InChI=1S/C22H29N3O3/c1-22(2,3)19(14-25-10-8-15-6-4-5-7-16(15)13-25)24-21(27)17-9-11-28-18(17)12-20(23)26/h4-7,9,11,19H,8,10,12-14H2,1-3H3,(H2,23,26)(H,24,27). The largest absolute Gasteiger partial charge is 0.468 e. The minimum Gasteiger partial charge on any atom is -0.468 e. The highest BCUT2D eigenvalue weighted by atomic mass is 16.3. The molecule has 28 heavy (non-hydrogen) atoms. The molecule has 0 spiro atoms. The highest BCUT2D eigenvalue weighted by molar-refractivity contribution is 5.96. The van der Waals surface area contributed by atoms with Gasteiger partial charge >= 0.3 is 0 Å². The average molecular weight is 383 g/mol. The molecule has 1 aromatic heterocycles. The van der Waals surface area contributed by atoms with Gasteiger partial charge in [0.25, 0.3) is 5.91 Å². The van der Waals surface area contributed by atoms with E-state index in [0.717, 1.165) is 26.1 Å². The number of fused-ring (bicyclic) bond motifs is 1. The van der Waals surface area contributed by atoms with Crippen molar-refractivity contribution < 1.29 is 14.0 Å². The summed E-state index contributed by atoms with van der Waals surface area (Å²) in [6.07, 6.45) is 2.35. The SMILES string of the molecule is CC(C)(C)C(CN1CCc2ccccc2C1)NC(=O)c1ccoc1CC(N)=O. The van der Waals surface area contributed by atoms with Gasteiger partial charge in [0, 0.05) is 25.7 Å². The Hall–Kier alpha value is -2.60. The van der Waals surface area contributed by atoms with Crippen LogP contribution in [0.4, 0.5) is 0 Å². The summed E-state index contributed by atoms with van der Waals surface area (Å²) in [5.41, 5.74) is 8.26. The Morgan fingerprint density at radius 1 is 1.21 bits per heavy atom. The van der Waals surface area contributed by atoms with Crippen LogP contribution in [0, 0.1) is 5.41 Å². The molecule has 1 unspecified atom stereocenters. The molecule has 0 radical (unpaired) electrons. The van der Waals surface area contributed by atoms with Crippen molar-refractivity contribution >= 4 is 11.8 Å². The van der Waals surface area contributed by atoms with E-state index < -0.39 is 5.91 Å². The van der Waals surface area contributed by atoms with Crippen molar-refractivity contribution in [2.75, 3.05) is 13.1 Å². The second-order valence-electron chi connectivity index (χ2n) is 8.55. The average Bonchev–Trinajstić information content (AvgIpc) is 3.07. The van der Waals surface area contributed by atoms with E-state index in [2.05, 4.69) is 55.3 Å². The molecule has 6 nitrogen and oxygen atoms in total. The van der Waals surface area contributed by atoms with Crippen molar-refractivity contribution in [3.8, 4) is 0 Å². The molecule has 3 rings (SSSR count). The Labute approximate surface area is 166 Å². The minimum absolute atomic E-state index is 0.0541. The minimum atomic E-state index is -0.525. The zero-order valence-electron chi connectivity index (χ0n) is 16.8. The molecule has 0 saturated heterocycles. The first kappa shape index (κ1) is 20.1. The van der Waals surface area contributed by atoms with Gasteiger partial charge in [-0.05, 0) is 29.0 Å². The third-order valence-corrected chi connectivity index (χ3v) is 5.33. The quantitative estimate of drug-likeness (QED) is 0.802. The number of carbonyl (C=O) groups is 2. The van der Waals surface area contributed by atoms with Gasteiger partial charge in [-0.25, -0.2) is 0 Å². The van der Waals surface area contributed by atoms with E-state index in [1.54, 1.807) is 6.07 Å². The van der Waals surface area contributed by atoms with Gasteiger partial charge in [0.2, 0.25) is 5.91 Å². The van der Waals surface area contributed by atoms with Gasteiger partial charge < -0.3 is 15.5 Å². The number of benzene rings is 1. The van der Waals surface area contributed by atoms with Crippen LogP contribution in [0.15, 0.2) is 41.0 Å². The molecule has 1 aliphatic heterocycles. The lowest BCUT2D eigenvalue weighted by Crippen LogP contribution is -2.51. The normalized spacial score (nSPS) is 15.7. The van der Waals surface area contributed by atoms with Gasteiger partial charge in [0.05, 0.1) is 18.2 Å². The predicted octanol–water partition coefficient (Wildman–Crippen LogP) is 2.51. The molecule has 2 amide bonds. The zero-order chi connectivity index (χ0) is 20.3. The number of carbonyl (C=O) groups excluding carboxylic acids is 2. The van der Waals surface area contributed by atoms with E-state index in [1.165, 1.54) is 17.4 Å². The molecule has 1 aromatic carbocycles. The molecule has 2 heterocycles. The summed E-state index contributed by atoms with van der Waals surface area (Å²) >= 11 is 0. The first-order chi connectivity index (χ1) is 13.2. The monoisotopic (exact) mass is 383 g/mol. The van der Waals surface area contributed by atoms with E-state index >= 15 is 0 Å². The maximum atomic E-state index is 12.9. The van der Waals surface area contributed by atoms with Crippen molar-refractivity contribution in [3.05, 3.63) is 59.0 Å². The van der Waals surface area contributed by atoms with Crippen molar-refractivity contribution in [1.29, 1.82) is 0 Å². The Morgan fingerprint density at radius 2 is 1.93 bits per heavy atom. The fourth-order valence-electron chi connectivity index (χ4n) is 3.58. The molecule has 3 N–H and O–H groups in total. The number of hydrogen-bond acceptors (Lipinski definition) is 4. The molecule has 1 aliphatic rings. The second kappa shape index (κ2) is 8.19. The molecule has 0 bridgehead atoms. The summed E-state index contributed by atoms with van der Waals surface area (Å²) in [4.78, 5) is 26.5. The number of nitrogens with two attached hydrogens (primary N) is 1. The van der Waals surface area contributed by atoms with Gasteiger partial charge in [0.15, 0.2) is 0 Å². The Bertz CT molecular complexity index is 851. The molecular weight excluding hydrogens is 354 g/mol. The number of hydrogen-bond donors (Lipinski definition) is 2. The topological polar surface area (TPSA) is 88.6 Å². The van der Waals surface area contributed by atoms with E-state index in [-0.39, 0.29) is 23.8 Å². The molecule has 0 fully saturated rings. The summed E-state index contributed by atoms with van der Waals surface area (Å²) in [5, 5.41) is 3.15. The Morgan fingerprint density at radius 3 is 2.61 bits per heavy atom. The van der Waals surface area contributed by atoms with Crippen LogP contribution >= 0.6 is 0 Å². The van der Waals surface area contributed by atoms with E-state index in [1.807, 2.05) is 0 Å². The van der Waals surface area contributed by atoms with Gasteiger partial charge in [-0.2, -0.15) is 0 Å². The number of nitrogens with one attached hydrogen (secondary N) is 1. The summed E-state index contributed by atoms with van der Waals surface area (Å²) in [7, 11) is 0. The Balaban J connectivity index is 1.71. The molecule has 150 valence electrons. The van der Waals surface area contributed by atoms with Gasteiger partial charge in [-0.3, -0.25) is 14.5 Å². The molecule has 0 saturated carbocycles. The number of amides is 2. The summed E-state index contributed by atoms with van der Waals surface area (Å²) in [6.45, 7) is 8.97. The number of furan rings is 1. The van der Waals surface area contributed by atoms with E-state index in [9.17, 15) is 9.59 Å². The van der Waals surface area contributed by atoms with Crippen LogP contribution in [-0.2, 0) is 24.2 Å². The lowest BCUT2D eigenvalue weighted by atomic mass is 9.85. The summed E-state index contributed by atoms with van der Waals surface area (Å²) in [6, 6.07) is 10.1. The fraction of sp³-hybridized carbons (Fsp3) is 0.455. The zero-order valence-corrected chi connectivity index (χ0v) is 16.8. The van der Waals surface area contributed by atoms with Crippen molar-refractivity contribution in [1.82, 2.24) is 10.2 Å². The van der Waals surface area contributed by atoms with Crippen molar-refractivity contribution in [2.45, 2.75) is 46.2 Å². The lowest BCUT2D eigenvalue weighted by molar-refractivity contribution is -0.117. The van der Waals surface area contributed by atoms with Crippen LogP contribution in [-0.4, -0.2) is 35.8 Å². The molecule has 1 atom stereocenters. The summed E-state index contributed by atoms with van der Waals surface area (Å²) in [5.74, 6) is -0.449. The van der Waals surface area contributed by atoms with Gasteiger partial charge in [-0.15, -0.1) is 0 Å². The fourth-order valence-corrected chi connectivity index (χ4v) is 3.58. The highest BCUT2D eigenvalue weighted by Gasteiger charge is 2.30. The van der Waals surface area contributed by atoms with Crippen LogP contribution < -0.4 is 11.1 Å². The summed E-state index contributed by atoms with van der Waals surface area (Å²) < 4.78 is 5.28. The van der Waals surface area contributed by atoms with Crippen LogP contribution in [0.1, 0.15) is 48.0 Å². The van der Waals surface area contributed by atoms with Crippen LogP contribution in [0.25, 0.3) is 0 Å². The van der Waals surface area contributed by atoms with Crippen LogP contribution in [0.2, 0.25) is 0 Å². The number of nitrogens with zero attached hydrogens (tertiary/aromatic N) is 1. The maximum absolute atomic E-state index is 12.9. The van der Waals surface area contributed by atoms with E-state index in [4.69, 9.17) is 10.2 Å². The van der Waals surface area contributed by atoms with Gasteiger partial charge in [0.1, 0.15) is 5.76 Å². The van der Waals surface area contributed by atoms with Crippen molar-refractivity contribution in [3.63, 3.8) is 0 Å². The second-order valence-corrected chi connectivity index (χ2v) is 8.55.